The predicted octanol–water partition coefficient (Wildman–Crippen LogP) is 5.04. The minimum atomic E-state index is 0.263. The SMILES string of the molecule is CCC=C1C(C)=C(C)C(C(C)(C)C)=C1C. The molecule has 0 heterocycles. The number of allylic oxidation sites excluding steroid dienone is 6. The lowest BCUT2D eigenvalue weighted by atomic mass is 9.81. The van der Waals surface area contributed by atoms with E-state index in [2.05, 4.69) is 54.5 Å². The fraction of sp³-hybridized carbons (Fsp3) is 0.600. The largest absolute Gasteiger partial charge is 0.0770 e. The van der Waals surface area contributed by atoms with Crippen LogP contribution < -0.4 is 0 Å². The van der Waals surface area contributed by atoms with Gasteiger partial charge in [-0.05, 0) is 60.5 Å². The summed E-state index contributed by atoms with van der Waals surface area (Å²) in [6.07, 6.45) is 3.47. The number of hydrogen-bond donors (Lipinski definition) is 0. The molecule has 0 bridgehead atoms. The average Bonchev–Trinajstić information content (AvgIpc) is 2.29. The summed E-state index contributed by atoms with van der Waals surface area (Å²) in [6, 6.07) is 0. The zero-order valence-corrected chi connectivity index (χ0v) is 11.3. The van der Waals surface area contributed by atoms with Gasteiger partial charge in [0.25, 0.3) is 0 Å². The van der Waals surface area contributed by atoms with E-state index in [0.717, 1.165) is 6.42 Å². The fourth-order valence-corrected chi connectivity index (χ4v) is 2.72. The highest BCUT2D eigenvalue weighted by Crippen LogP contribution is 2.44. The lowest BCUT2D eigenvalue weighted by molar-refractivity contribution is 0.508. The van der Waals surface area contributed by atoms with Gasteiger partial charge in [-0.15, -0.1) is 0 Å². The van der Waals surface area contributed by atoms with E-state index in [1.54, 1.807) is 5.57 Å². The van der Waals surface area contributed by atoms with Crippen molar-refractivity contribution in [3.05, 3.63) is 33.9 Å². The van der Waals surface area contributed by atoms with Crippen LogP contribution in [0.25, 0.3) is 0 Å². The molecule has 0 saturated heterocycles. The Kier molecular flexibility index (Phi) is 3.28. The van der Waals surface area contributed by atoms with Crippen molar-refractivity contribution >= 4 is 0 Å². The Labute approximate surface area is 94.8 Å². The summed E-state index contributed by atoms with van der Waals surface area (Å²) in [6.45, 7) is 15.9. The Bertz CT molecular complexity index is 354. The minimum absolute atomic E-state index is 0.263. The van der Waals surface area contributed by atoms with Crippen LogP contribution in [-0.2, 0) is 0 Å². The van der Waals surface area contributed by atoms with Gasteiger partial charge in [-0.3, -0.25) is 0 Å². The van der Waals surface area contributed by atoms with Crippen LogP contribution in [0.5, 0.6) is 0 Å². The standard InChI is InChI=1S/C15H24/c1-8-9-13-10(2)11(3)14(12(13)4)15(5,6)7/h9H,8H2,1-7H3. The van der Waals surface area contributed by atoms with Crippen LogP contribution >= 0.6 is 0 Å². The lowest BCUT2D eigenvalue weighted by Crippen LogP contribution is -2.10. The van der Waals surface area contributed by atoms with E-state index in [1.165, 1.54) is 22.3 Å². The van der Waals surface area contributed by atoms with E-state index in [1.807, 2.05) is 0 Å². The van der Waals surface area contributed by atoms with E-state index >= 15 is 0 Å². The first-order valence-electron chi connectivity index (χ1n) is 5.90. The molecule has 0 aromatic rings. The highest BCUT2D eigenvalue weighted by Gasteiger charge is 2.28. The molecule has 0 saturated carbocycles. The molecule has 0 radical (unpaired) electrons. The van der Waals surface area contributed by atoms with Gasteiger partial charge in [-0.1, -0.05) is 33.8 Å². The molecule has 0 atom stereocenters. The minimum Gasteiger partial charge on any atom is -0.0770 e. The Balaban J connectivity index is 3.35. The van der Waals surface area contributed by atoms with Crippen molar-refractivity contribution < 1.29 is 0 Å². The van der Waals surface area contributed by atoms with Gasteiger partial charge in [0, 0.05) is 0 Å². The molecule has 0 nitrogen and oxygen atoms in total. The molecule has 0 spiro atoms. The lowest BCUT2D eigenvalue weighted by Gasteiger charge is -2.23. The van der Waals surface area contributed by atoms with Gasteiger partial charge in [0.15, 0.2) is 0 Å². The molecule has 0 aromatic carbocycles. The summed E-state index contributed by atoms with van der Waals surface area (Å²) in [7, 11) is 0. The summed E-state index contributed by atoms with van der Waals surface area (Å²) in [5.74, 6) is 0. The van der Waals surface area contributed by atoms with E-state index in [4.69, 9.17) is 0 Å². The Morgan fingerprint density at radius 3 is 1.80 bits per heavy atom. The van der Waals surface area contributed by atoms with E-state index in [9.17, 15) is 0 Å². The molecule has 1 rings (SSSR count). The van der Waals surface area contributed by atoms with Crippen molar-refractivity contribution in [1.82, 2.24) is 0 Å². The van der Waals surface area contributed by atoms with Crippen LogP contribution in [0.2, 0.25) is 0 Å². The normalized spacial score (nSPS) is 20.9. The Morgan fingerprint density at radius 1 is 0.933 bits per heavy atom. The fourth-order valence-electron chi connectivity index (χ4n) is 2.72. The molecule has 1 aliphatic carbocycles. The first-order valence-corrected chi connectivity index (χ1v) is 5.90. The molecule has 0 aliphatic heterocycles. The van der Waals surface area contributed by atoms with Crippen molar-refractivity contribution in [3.8, 4) is 0 Å². The van der Waals surface area contributed by atoms with Gasteiger partial charge in [0.2, 0.25) is 0 Å². The van der Waals surface area contributed by atoms with Crippen LogP contribution in [-0.4, -0.2) is 0 Å². The van der Waals surface area contributed by atoms with Gasteiger partial charge in [-0.2, -0.15) is 0 Å². The molecule has 0 aromatic heterocycles. The van der Waals surface area contributed by atoms with Crippen LogP contribution in [0.3, 0.4) is 0 Å². The third kappa shape index (κ3) is 2.09. The van der Waals surface area contributed by atoms with Crippen molar-refractivity contribution in [1.29, 1.82) is 0 Å². The van der Waals surface area contributed by atoms with E-state index < -0.39 is 0 Å². The average molecular weight is 204 g/mol. The quantitative estimate of drug-likeness (QED) is 0.561. The zero-order chi connectivity index (χ0) is 11.8. The van der Waals surface area contributed by atoms with Gasteiger partial charge in [0.1, 0.15) is 0 Å². The molecular formula is C15H24. The van der Waals surface area contributed by atoms with Crippen LogP contribution in [0.1, 0.15) is 54.9 Å². The third-order valence-corrected chi connectivity index (χ3v) is 3.28. The van der Waals surface area contributed by atoms with Crippen LogP contribution in [0.15, 0.2) is 33.9 Å². The van der Waals surface area contributed by atoms with Gasteiger partial charge >= 0.3 is 0 Å². The summed E-state index contributed by atoms with van der Waals surface area (Å²) >= 11 is 0. The molecular weight excluding hydrogens is 180 g/mol. The monoisotopic (exact) mass is 204 g/mol. The highest BCUT2D eigenvalue weighted by molar-refractivity contribution is 5.63. The summed E-state index contributed by atoms with van der Waals surface area (Å²) in [5, 5.41) is 0. The molecule has 84 valence electrons. The van der Waals surface area contributed by atoms with E-state index in [0.29, 0.717) is 0 Å². The van der Waals surface area contributed by atoms with Gasteiger partial charge in [0.05, 0.1) is 0 Å². The molecule has 0 fully saturated rings. The molecule has 1 aliphatic rings. The maximum Gasteiger partial charge on any atom is -0.0126 e. The van der Waals surface area contributed by atoms with Crippen molar-refractivity contribution in [2.75, 3.05) is 0 Å². The van der Waals surface area contributed by atoms with Crippen molar-refractivity contribution in [2.45, 2.75) is 54.9 Å². The van der Waals surface area contributed by atoms with Crippen LogP contribution in [0, 0.1) is 5.41 Å². The second-order valence-corrected chi connectivity index (χ2v) is 5.53. The number of hydrogen-bond acceptors (Lipinski definition) is 0. The Morgan fingerprint density at radius 2 is 1.47 bits per heavy atom. The second kappa shape index (κ2) is 4.00. The molecule has 0 heteroatoms. The zero-order valence-electron chi connectivity index (χ0n) is 11.3. The molecule has 0 amide bonds. The second-order valence-electron chi connectivity index (χ2n) is 5.53. The van der Waals surface area contributed by atoms with E-state index in [-0.39, 0.29) is 5.41 Å². The number of rotatable bonds is 1. The Hall–Kier alpha value is -0.780. The smallest absolute Gasteiger partial charge is 0.0126 e. The van der Waals surface area contributed by atoms with Gasteiger partial charge < -0.3 is 0 Å². The molecule has 0 unspecified atom stereocenters. The van der Waals surface area contributed by atoms with Crippen LogP contribution in [0.4, 0.5) is 0 Å². The summed E-state index contributed by atoms with van der Waals surface area (Å²) < 4.78 is 0. The van der Waals surface area contributed by atoms with Crippen molar-refractivity contribution in [3.63, 3.8) is 0 Å². The first kappa shape index (κ1) is 12.3. The van der Waals surface area contributed by atoms with Gasteiger partial charge in [-0.25, -0.2) is 0 Å². The maximum atomic E-state index is 2.35. The topological polar surface area (TPSA) is 0 Å². The summed E-state index contributed by atoms with van der Waals surface area (Å²) in [4.78, 5) is 0. The molecule has 0 N–H and O–H groups in total. The third-order valence-electron chi connectivity index (χ3n) is 3.28. The highest BCUT2D eigenvalue weighted by atomic mass is 14.3. The van der Waals surface area contributed by atoms with Crippen molar-refractivity contribution in [2.24, 2.45) is 5.41 Å². The molecule has 15 heavy (non-hydrogen) atoms. The first-order chi connectivity index (χ1) is 6.80. The summed E-state index contributed by atoms with van der Waals surface area (Å²) in [5.41, 5.74) is 7.72. The predicted molar refractivity (Wildman–Crippen MR) is 68.9 cm³/mol. The maximum absolute atomic E-state index is 2.35.